The Kier molecular flexibility index (Phi) is 3.28. The van der Waals surface area contributed by atoms with Gasteiger partial charge in [-0.3, -0.25) is 14.7 Å². The third-order valence-corrected chi connectivity index (χ3v) is 5.57. The molecule has 0 saturated carbocycles. The van der Waals surface area contributed by atoms with Crippen LogP contribution < -0.4 is 5.56 Å². The quantitative estimate of drug-likeness (QED) is 0.730. The second-order valence-electron chi connectivity index (χ2n) is 6.55. The molecule has 0 amide bonds. The van der Waals surface area contributed by atoms with Gasteiger partial charge in [0.2, 0.25) is 0 Å². The highest BCUT2D eigenvalue weighted by atomic mass is 32.1. The average molecular weight is 331 g/mol. The molecule has 1 aromatic heterocycles. The van der Waals surface area contributed by atoms with Crippen molar-refractivity contribution in [3.63, 3.8) is 0 Å². The van der Waals surface area contributed by atoms with Crippen molar-refractivity contribution in [3.8, 4) is 0 Å². The fourth-order valence-electron chi connectivity index (χ4n) is 4.21. The summed E-state index contributed by atoms with van der Waals surface area (Å²) >= 11 is 5.12. The zero-order chi connectivity index (χ0) is 16.2. The molecular weight excluding hydrogens is 313 g/mol. The van der Waals surface area contributed by atoms with E-state index in [1.807, 2.05) is 13.1 Å². The lowest BCUT2D eigenvalue weighted by Crippen LogP contribution is -2.52. The molecule has 2 aliphatic rings. The zero-order valence-electron chi connectivity index (χ0n) is 12.9. The monoisotopic (exact) mass is 331 g/mol. The highest BCUT2D eigenvalue weighted by Crippen LogP contribution is 2.45. The van der Waals surface area contributed by atoms with Crippen LogP contribution in [-0.2, 0) is 24.9 Å². The van der Waals surface area contributed by atoms with Crippen LogP contribution in [0.3, 0.4) is 0 Å². The molecule has 1 spiro atoms. The van der Waals surface area contributed by atoms with E-state index in [2.05, 4.69) is 14.9 Å². The maximum absolute atomic E-state index is 14.3. The smallest absolute Gasteiger partial charge is 0.256 e. The van der Waals surface area contributed by atoms with Gasteiger partial charge in [-0.2, -0.15) is 0 Å². The van der Waals surface area contributed by atoms with Crippen molar-refractivity contribution in [2.45, 2.75) is 37.8 Å². The average Bonchev–Trinajstić information content (AvgIpc) is 2.50. The van der Waals surface area contributed by atoms with Crippen LogP contribution in [0.1, 0.15) is 35.2 Å². The van der Waals surface area contributed by atoms with Crippen molar-refractivity contribution < 1.29 is 4.39 Å². The Morgan fingerprint density at radius 1 is 1.30 bits per heavy atom. The van der Waals surface area contributed by atoms with Crippen LogP contribution in [0.25, 0.3) is 0 Å². The molecule has 0 saturated heterocycles. The number of aromatic amines is 2. The maximum atomic E-state index is 14.3. The van der Waals surface area contributed by atoms with E-state index < -0.39 is 0 Å². The van der Waals surface area contributed by atoms with Gasteiger partial charge in [-0.1, -0.05) is 12.1 Å². The van der Waals surface area contributed by atoms with Gasteiger partial charge in [0.15, 0.2) is 4.77 Å². The first-order chi connectivity index (χ1) is 11.0. The molecule has 6 heteroatoms. The zero-order valence-corrected chi connectivity index (χ0v) is 13.7. The fourth-order valence-corrected chi connectivity index (χ4v) is 4.43. The number of halogens is 1. The van der Waals surface area contributed by atoms with E-state index in [0.29, 0.717) is 17.7 Å². The SMILES string of the molecule is CN1Cc2c([nH]c(=S)[nH]c2=O)CC12CCCc1c(F)cccc12. The van der Waals surface area contributed by atoms with Crippen molar-refractivity contribution in [1.29, 1.82) is 0 Å². The molecule has 0 radical (unpaired) electrons. The third-order valence-electron chi connectivity index (χ3n) is 5.36. The number of rotatable bonds is 0. The largest absolute Gasteiger partial charge is 0.335 e. The lowest BCUT2D eigenvalue weighted by atomic mass is 9.70. The third kappa shape index (κ3) is 2.12. The second-order valence-corrected chi connectivity index (χ2v) is 6.96. The van der Waals surface area contributed by atoms with E-state index in [1.54, 1.807) is 6.07 Å². The van der Waals surface area contributed by atoms with E-state index in [4.69, 9.17) is 12.2 Å². The Balaban J connectivity index is 1.93. The van der Waals surface area contributed by atoms with E-state index in [1.165, 1.54) is 6.07 Å². The lowest BCUT2D eigenvalue weighted by Gasteiger charge is -2.49. The van der Waals surface area contributed by atoms with Crippen LogP contribution >= 0.6 is 12.2 Å². The summed E-state index contributed by atoms with van der Waals surface area (Å²) in [5.41, 5.74) is 3.09. The van der Waals surface area contributed by atoms with E-state index >= 15 is 0 Å². The van der Waals surface area contributed by atoms with Crippen molar-refractivity contribution >= 4 is 12.2 Å². The number of H-pyrrole nitrogens is 2. The van der Waals surface area contributed by atoms with Crippen LogP contribution in [0.15, 0.2) is 23.0 Å². The molecule has 1 aliphatic carbocycles. The Hall–Kier alpha value is -1.79. The topological polar surface area (TPSA) is 51.9 Å². The van der Waals surface area contributed by atoms with Gasteiger partial charge in [0.1, 0.15) is 5.82 Å². The van der Waals surface area contributed by atoms with Crippen molar-refractivity contribution in [2.75, 3.05) is 7.05 Å². The summed E-state index contributed by atoms with van der Waals surface area (Å²) in [6.07, 6.45) is 3.32. The minimum Gasteiger partial charge on any atom is -0.335 e. The highest BCUT2D eigenvalue weighted by Gasteiger charge is 2.44. The molecule has 4 nitrogen and oxygen atoms in total. The predicted octanol–water partition coefficient (Wildman–Crippen LogP) is 2.79. The number of nitrogens with one attached hydrogen (secondary N) is 2. The Labute approximate surface area is 138 Å². The second kappa shape index (κ2) is 5.11. The van der Waals surface area contributed by atoms with Gasteiger partial charge in [-0.25, -0.2) is 4.39 Å². The maximum Gasteiger partial charge on any atom is 0.256 e. The Morgan fingerprint density at radius 2 is 2.13 bits per heavy atom. The van der Waals surface area contributed by atoms with Crippen molar-refractivity contribution in [3.05, 3.63) is 61.5 Å². The van der Waals surface area contributed by atoms with Crippen LogP contribution in [0.4, 0.5) is 4.39 Å². The Morgan fingerprint density at radius 3 is 2.96 bits per heavy atom. The fraction of sp³-hybridized carbons (Fsp3) is 0.412. The molecule has 1 aliphatic heterocycles. The first-order valence-electron chi connectivity index (χ1n) is 7.85. The van der Waals surface area contributed by atoms with Gasteiger partial charge in [-0.15, -0.1) is 0 Å². The normalized spacial score (nSPS) is 23.6. The molecule has 4 rings (SSSR count). The number of hydrogen-bond donors (Lipinski definition) is 2. The molecule has 1 atom stereocenters. The predicted molar refractivity (Wildman–Crippen MR) is 88.4 cm³/mol. The number of nitrogens with zero attached hydrogens (tertiary/aromatic N) is 1. The molecule has 2 N–H and O–H groups in total. The van der Waals surface area contributed by atoms with Gasteiger partial charge >= 0.3 is 0 Å². The molecule has 0 bridgehead atoms. The first-order valence-corrected chi connectivity index (χ1v) is 8.25. The molecule has 120 valence electrons. The minimum absolute atomic E-state index is 0.124. The van der Waals surface area contributed by atoms with Crippen molar-refractivity contribution in [1.82, 2.24) is 14.9 Å². The van der Waals surface area contributed by atoms with Crippen LogP contribution in [0.5, 0.6) is 0 Å². The number of aromatic nitrogens is 2. The summed E-state index contributed by atoms with van der Waals surface area (Å²) in [7, 11) is 2.02. The highest BCUT2D eigenvalue weighted by molar-refractivity contribution is 7.71. The lowest BCUT2D eigenvalue weighted by molar-refractivity contribution is 0.0714. The summed E-state index contributed by atoms with van der Waals surface area (Å²) in [5.74, 6) is -0.125. The molecule has 2 aromatic rings. The van der Waals surface area contributed by atoms with Gasteiger partial charge in [0.05, 0.1) is 11.1 Å². The summed E-state index contributed by atoms with van der Waals surface area (Å²) < 4.78 is 14.6. The minimum atomic E-state index is -0.269. The summed E-state index contributed by atoms with van der Waals surface area (Å²) in [4.78, 5) is 20.2. The molecule has 2 heterocycles. The summed E-state index contributed by atoms with van der Waals surface area (Å²) in [6, 6.07) is 5.35. The molecule has 1 aromatic carbocycles. The summed E-state index contributed by atoms with van der Waals surface area (Å²) in [5, 5.41) is 0. The molecule has 1 unspecified atom stereocenters. The van der Waals surface area contributed by atoms with Crippen molar-refractivity contribution in [2.24, 2.45) is 0 Å². The van der Waals surface area contributed by atoms with Crippen LogP contribution in [0, 0.1) is 10.6 Å². The standard InChI is InChI=1S/C17H18FN3OS/c1-21-9-11-14(19-16(23)20-15(11)22)8-17(21)7-3-4-10-12(17)5-2-6-13(10)18/h2,5-6H,3-4,7-9H2,1H3,(H2,19,20,22,23). The van der Waals surface area contributed by atoms with E-state index in [0.717, 1.165) is 41.6 Å². The number of likely N-dealkylation sites (N-methyl/N-ethyl adjacent to an activating group) is 1. The van der Waals surface area contributed by atoms with Gasteiger partial charge in [0, 0.05) is 18.7 Å². The molecule has 0 fully saturated rings. The van der Waals surface area contributed by atoms with Gasteiger partial charge < -0.3 is 4.98 Å². The Bertz CT molecular complexity index is 903. The van der Waals surface area contributed by atoms with E-state index in [-0.39, 0.29) is 16.9 Å². The number of fused-ring (bicyclic) bond motifs is 3. The van der Waals surface area contributed by atoms with Gasteiger partial charge in [0.25, 0.3) is 5.56 Å². The van der Waals surface area contributed by atoms with Crippen LogP contribution in [-0.4, -0.2) is 21.9 Å². The summed E-state index contributed by atoms with van der Waals surface area (Å²) in [6.45, 7) is 0.534. The number of benzene rings is 1. The first kappa shape index (κ1) is 14.8. The number of hydrogen-bond acceptors (Lipinski definition) is 3. The van der Waals surface area contributed by atoms with Crippen LogP contribution in [0.2, 0.25) is 0 Å². The van der Waals surface area contributed by atoms with E-state index in [9.17, 15) is 9.18 Å². The van der Waals surface area contributed by atoms with Gasteiger partial charge in [-0.05, 0) is 55.7 Å². The molecule has 23 heavy (non-hydrogen) atoms. The molecular formula is C17H18FN3OS.